The van der Waals surface area contributed by atoms with Crippen molar-refractivity contribution in [3.8, 4) is 28.6 Å². The smallest absolute Gasteiger partial charge is 0.354 e. The molecule has 0 amide bonds. The topological polar surface area (TPSA) is 85.5 Å². The zero-order valence-electron chi connectivity index (χ0n) is 18.8. The Morgan fingerprint density at radius 2 is 1.94 bits per heavy atom. The third-order valence-electron chi connectivity index (χ3n) is 5.51. The summed E-state index contributed by atoms with van der Waals surface area (Å²) in [7, 11) is 1.78. The van der Waals surface area contributed by atoms with E-state index in [-0.39, 0.29) is 18.0 Å². The molecule has 0 unspecified atom stereocenters. The number of halogens is 2. The summed E-state index contributed by atoms with van der Waals surface area (Å²) in [4.78, 5) is 17.8. The molecule has 0 saturated heterocycles. The van der Waals surface area contributed by atoms with Crippen LogP contribution >= 0.6 is 23.2 Å². The van der Waals surface area contributed by atoms with E-state index in [4.69, 9.17) is 27.9 Å². The zero-order valence-corrected chi connectivity index (χ0v) is 20.3. The Morgan fingerprint density at radius 3 is 2.63 bits per heavy atom. The molecule has 35 heavy (non-hydrogen) atoms. The van der Waals surface area contributed by atoms with Crippen LogP contribution < -0.4 is 14.9 Å². The van der Waals surface area contributed by atoms with Crippen molar-refractivity contribution < 1.29 is 14.4 Å². The van der Waals surface area contributed by atoms with Crippen LogP contribution in [0.25, 0.3) is 16.8 Å². The highest BCUT2D eigenvalue weighted by molar-refractivity contribution is 6.30. The summed E-state index contributed by atoms with van der Waals surface area (Å²) in [6.45, 7) is 2.11. The molecule has 10 heteroatoms. The minimum absolute atomic E-state index is 0.112. The first kappa shape index (κ1) is 22.9. The highest BCUT2D eigenvalue weighted by Crippen LogP contribution is 2.27. The predicted octanol–water partition coefficient (Wildman–Crippen LogP) is 4.54. The summed E-state index contributed by atoms with van der Waals surface area (Å²) in [5.41, 5.74) is 2.24. The van der Waals surface area contributed by atoms with Crippen LogP contribution in [0.1, 0.15) is 11.3 Å². The number of fused-ring (bicyclic) bond motifs is 1. The summed E-state index contributed by atoms with van der Waals surface area (Å²) >= 11 is 12.1. The number of aryl methyl sites for hydroxylation is 2. The molecule has 5 rings (SSSR count). The van der Waals surface area contributed by atoms with Crippen LogP contribution in [0, 0.1) is 6.92 Å². The van der Waals surface area contributed by atoms with Gasteiger partial charge in [0.15, 0.2) is 11.3 Å². The average Bonchev–Trinajstić information content (AvgIpc) is 3.14. The molecule has 0 aliphatic heterocycles. The lowest BCUT2D eigenvalue weighted by Crippen LogP contribution is -2.41. The van der Waals surface area contributed by atoms with Crippen LogP contribution in [-0.4, -0.2) is 24.3 Å². The van der Waals surface area contributed by atoms with E-state index in [0.717, 1.165) is 11.3 Å². The SMILES string of the molecule is Cc1cc(Oc2ccc3n(c2)c(=O)c(-c2cccc(Cl)c2)c(O)[n+]3Cc2ccc(Cl)nc2)n(C)n1. The van der Waals surface area contributed by atoms with Crippen LogP contribution in [0.5, 0.6) is 17.5 Å². The fraction of sp³-hybridized carbons (Fsp3) is 0.120. The van der Waals surface area contributed by atoms with Crippen LogP contribution in [0.15, 0.2) is 71.8 Å². The highest BCUT2D eigenvalue weighted by atomic mass is 35.5. The standard InChI is InChI=1S/C25H19Cl2N5O3/c1-15-10-22(30(2)29-15)35-19-7-9-21-31(13-16-6-8-20(27)28-12-16)24(33)23(25(34)32(21)14-19)17-4-3-5-18(26)11-17/h3-12,14H,13H2,1-2H3/p+1. The predicted molar refractivity (Wildman–Crippen MR) is 132 cm³/mol. The Hall–Kier alpha value is -3.88. The highest BCUT2D eigenvalue weighted by Gasteiger charge is 2.26. The van der Waals surface area contributed by atoms with Gasteiger partial charge in [-0.2, -0.15) is 14.1 Å². The molecule has 1 aromatic carbocycles. The fourth-order valence-electron chi connectivity index (χ4n) is 3.91. The van der Waals surface area contributed by atoms with Crippen molar-refractivity contribution in [2.24, 2.45) is 7.05 Å². The van der Waals surface area contributed by atoms with E-state index in [1.165, 1.54) is 4.40 Å². The summed E-state index contributed by atoms with van der Waals surface area (Å²) in [5.74, 6) is 0.775. The molecule has 176 valence electrons. The van der Waals surface area contributed by atoms with E-state index >= 15 is 0 Å². The number of aromatic hydroxyl groups is 1. The minimum Gasteiger partial charge on any atom is -0.477 e. The van der Waals surface area contributed by atoms with Gasteiger partial charge in [0.2, 0.25) is 5.88 Å². The van der Waals surface area contributed by atoms with E-state index in [2.05, 4.69) is 10.1 Å². The van der Waals surface area contributed by atoms with E-state index in [0.29, 0.717) is 33.0 Å². The lowest BCUT2D eigenvalue weighted by Gasteiger charge is -2.11. The van der Waals surface area contributed by atoms with Crippen LogP contribution in [0.4, 0.5) is 0 Å². The molecule has 0 aliphatic rings. The largest absolute Gasteiger partial charge is 0.477 e. The van der Waals surface area contributed by atoms with Crippen molar-refractivity contribution in [3.05, 3.63) is 98.8 Å². The van der Waals surface area contributed by atoms with Gasteiger partial charge in [-0.25, -0.2) is 14.5 Å². The van der Waals surface area contributed by atoms with Gasteiger partial charge in [0.25, 0.3) is 11.5 Å². The van der Waals surface area contributed by atoms with Crippen LogP contribution in [-0.2, 0) is 13.6 Å². The Bertz CT molecular complexity index is 1630. The normalized spacial score (nSPS) is 11.2. The average molecular weight is 509 g/mol. The molecule has 4 heterocycles. The second kappa shape index (κ2) is 9.05. The molecular formula is C25H20Cl2N5O3+. The maximum absolute atomic E-state index is 13.6. The second-order valence-corrected chi connectivity index (χ2v) is 8.86. The summed E-state index contributed by atoms with van der Waals surface area (Å²) in [6, 6.07) is 15.5. The molecule has 8 nitrogen and oxygen atoms in total. The lowest BCUT2D eigenvalue weighted by molar-refractivity contribution is -0.671. The Kier molecular flexibility index (Phi) is 5.92. The van der Waals surface area contributed by atoms with Gasteiger partial charge in [-0.15, -0.1) is 0 Å². The molecule has 0 aliphatic carbocycles. The van der Waals surface area contributed by atoms with E-state index in [1.54, 1.807) is 77.2 Å². The Morgan fingerprint density at radius 1 is 1.11 bits per heavy atom. The van der Waals surface area contributed by atoms with Crippen molar-refractivity contribution in [2.45, 2.75) is 13.5 Å². The molecular weight excluding hydrogens is 489 g/mol. The number of rotatable bonds is 5. The molecule has 0 bridgehead atoms. The number of nitrogens with zero attached hydrogens (tertiary/aromatic N) is 5. The molecule has 0 radical (unpaired) electrons. The molecule has 1 N–H and O–H groups in total. The van der Waals surface area contributed by atoms with Gasteiger partial charge in [0.1, 0.15) is 17.9 Å². The Labute approximate surface area is 210 Å². The summed E-state index contributed by atoms with van der Waals surface area (Å²) < 4.78 is 10.7. The number of hydrogen-bond acceptors (Lipinski definition) is 5. The van der Waals surface area contributed by atoms with Gasteiger partial charge in [-0.05, 0) is 36.8 Å². The third kappa shape index (κ3) is 4.45. The van der Waals surface area contributed by atoms with E-state index in [9.17, 15) is 9.90 Å². The number of pyridine rings is 2. The first-order chi connectivity index (χ1) is 16.8. The molecule has 0 atom stereocenters. The Balaban J connectivity index is 1.72. The number of benzene rings is 1. The monoisotopic (exact) mass is 508 g/mol. The first-order valence-corrected chi connectivity index (χ1v) is 11.4. The minimum atomic E-state index is -0.420. The van der Waals surface area contributed by atoms with Gasteiger partial charge in [-0.3, -0.25) is 0 Å². The number of aromatic nitrogens is 5. The number of ether oxygens (including phenoxy) is 1. The molecule has 4 aromatic heterocycles. The lowest BCUT2D eigenvalue weighted by atomic mass is 10.1. The maximum Gasteiger partial charge on any atom is 0.354 e. The van der Waals surface area contributed by atoms with Crippen molar-refractivity contribution in [2.75, 3.05) is 0 Å². The first-order valence-electron chi connectivity index (χ1n) is 10.7. The molecule has 0 saturated carbocycles. The van der Waals surface area contributed by atoms with Gasteiger partial charge in [-0.1, -0.05) is 41.4 Å². The van der Waals surface area contributed by atoms with Gasteiger partial charge >= 0.3 is 5.56 Å². The van der Waals surface area contributed by atoms with Crippen molar-refractivity contribution in [3.63, 3.8) is 0 Å². The quantitative estimate of drug-likeness (QED) is 0.278. The van der Waals surface area contributed by atoms with Crippen molar-refractivity contribution in [1.82, 2.24) is 19.2 Å². The summed E-state index contributed by atoms with van der Waals surface area (Å²) in [6.07, 6.45) is 3.21. The third-order valence-corrected chi connectivity index (χ3v) is 5.97. The molecule has 0 fully saturated rings. The van der Waals surface area contributed by atoms with Gasteiger partial charge < -0.3 is 9.84 Å². The van der Waals surface area contributed by atoms with E-state index < -0.39 is 5.56 Å². The fourth-order valence-corrected chi connectivity index (χ4v) is 4.22. The van der Waals surface area contributed by atoms with Crippen molar-refractivity contribution >= 4 is 28.8 Å². The van der Waals surface area contributed by atoms with Crippen LogP contribution in [0.3, 0.4) is 0 Å². The van der Waals surface area contributed by atoms with Gasteiger partial charge in [0, 0.05) is 36.0 Å². The summed E-state index contributed by atoms with van der Waals surface area (Å²) in [5, 5.41) is 16.4. The molecule has 5 aromatic rings. The molecule has 0 spiro atoms. The second-order valence-electron chi connectivity index (χ2n) is 8.03. The maximum atomic E-state index is 13.6. The van der Waals surface area contributed by atoms with Gasteiger partial charge in [0.05, 0.1) is 5.69 Å². The number of hydrogen-bond donors (Lipinski definition) is 1. The van der Waals surface area contributed by atoms with E-state index in [1.807, 2.05) is 13.0 Å². The zero-order chi connectivity index (χ0) is 24.7. The van der Waals surface area contributed by atoms with Crippen molar-refractivity contribution in [1.29, 1.82) is 0 Å². The van der Waals surface area contributed by atoms with Crippen LogP contribution in [0.2, 0.25) is 10.2 Å².